The number of nitrogens with one attached hydrogen (secondary N) is 3. The molecule has 0 saturated heterocycles. The van der Waals surface area contributed by atoms with Gasteiger partial charge in [-0.1, -0.05) is 103 Å². The van der Waals surface area contributed by atoms with Crippen LogP contribution >= 0.6 is 0 Å². The topological polar surface area (TPSA) is 147 Å². The van der Waals surface area contributed by atoms with Crippen LogP contribution in [0.15, 0.2) is 140 Å². The molecule has 0 unspecified atom stereocenters. The van der Waals surface area contributed by atoms with Gasteiger partial charge in [-0.2, -0.15) is 0 Å². The molecule has 5 heterocycles. The molecule has 58 heavy (non-hydrogen) atoms. The molecule has 9 rings (SSSR count). The normalized spacial score (nSPS) is 12.2. The third-order valence-electron chi connectivity index (χ3n) is 10.7. The van der Waals surface area contributed by atoms with Gasteiger partial charge >= 0.3 is 0 Å². The van der Waals surface area contributed by atoms with Gasteiger partial charge in [0.05, 0.1) is 42.6 Å². The maximum atomic E-state index is 13.3. The second-order valence-electron chi connectivity index (χ2n) is 14.4. The van der Waals surface area contributed by atoms with Gasteiger partial charge in [-0.05, 0) is 83.0 Å². The first-order valence-corrected chi connectivity index (χ1v) is 19.1. The van der Waals surface area contributed by atoms with Gasteiger partial charge in [0.2, 0.25) is 0 Å². The van der Waals surface area contributed by atoms with Crippen LogP contribution in [0.25, 0.3) is 90.9 Å². The van der Waals surface area contributed by atoms with E-state index in [2.05, 4.69) is 82.0 Å². The summed E-state index contributed by atoms with van der Waals surface area (Å²) in [4.78, 5) is 31.4. The van der Waals surface area contributed by atoms with Crippen molar-refractivity contribution >= 4 is 52.3 Å². The summed E-state index contributed by atoms with van der Waals surface area (Å²) in [6.45, 7) is -1.86. The van der Waals surface area contributed by atoms with Crippen molar-refractivity contribution in [1.29, 1.82) is 0 Å². The Morgan fingerprint density at radius 3 is 1.07 bits per heavy atom. The van der Waals surface area contributed by atoms with Crippen molar-refractivity contribution in [3.63, 3.8) is 0 Å². The van der Waals surface area contributed by atoms with Crippen LogP contribution < -0.4 is 5.32 Å². The number of H-pyrrole nitrogens is 2. The van der Waals surface area contributed by atoms with Crippen LogP contribution in [0.5, 0.6) is 0 Å². The molecule has 9 heteroatoms. The smallest absolute Gasteiger partial charge is 0.251 e. The lowest BCUT2D eigenvalue weighted by Crippen LogP contribution is -2.57. The number of aliphatic hydroxyl groups excluding tert-OH is 3. The molecule has 3 aromatic heterocycles. The molecular weight excluding hydrogens is 723 g/mol. The third-order valence-corrected chi connectivity index (χ3v) is 10.7. The summed E-state index contributed by atoms with van der Waals surface area (Å²) < 4.78 is 0. The molecule has 0 atom stereocenters. The highest BCUT2D eigenvalue weighted by Gasteiger charge is 2.30. The van der Waals surface area contributed by atoms with Gasteiger partial charge in [0.25, 0.3) is 5.91 Å². The third kappa shape index (κ3) is 6.73. The van der Waals surface area contributed by atoms with E-state index in [9.17, 15) is 20.1 Å². The summed E-state index contributed by atoms with van der Waals surface area (Å²) in [5.41, 5.74) is 12.9. The summed E-state index contributed by atoms with van der Waals surface area (Å²) >= 11 is 0. The minimum absolute atomic E-state index is 0.298. The Hall–Kier alpha value is -7.17. The van der Waals surface area contributed by atoms with Gasteiger partial charge in [-0.3, -0.25) is 4.79 Å². The first-order chi connectivity index (χ1) is 28.5. The highest BCUT2D eigenvalue weighted by atomic mass is 16.3. The average Bonchev–Trinajstić information content (AvgIpc) is 4.13. The van der Waals surface area contributed by atoms with Crippen LogP contribution in [0.1, 0.15) is 33.1 Å². The molecule has 284 valence electrons. The molecule has 6 N–H and O–H groups in total. The average molecular weight is 762 g/mol. The van der Waals surface area contributed by atoms with Gasteiger partial charge in [-0.15, -0.1) is 0 Å². The highest BCUT2D eigenvalue weighted by molar-refractivity contribution is 6.00. The Kier molecular flexibility index (Phi) is 9.68. The number of hydrogen-bond donors (Lipinski definition) is 6. The first kappa shape index (κ1) is 36.5. The van der Waals surface area contributed by atoms with E-state index in [1.54, 1.807) is 12.1 Å². The van der Waals surface area contributed by atoms with Crippen molar-refractivity contribution < 1.29 is 20.1 Å². The Morgan fingerprint density at radius 1 is 0.448 bits per heavy atom. The number of aromatic nitrogens is 4. The number of nitrogens with zero attached hydrogens (tertiary/aromatic N) is 2. The van der Waals surface area contributed by atoms with Crippen molar-refractivity contribution in [2.75, 3.05) is 19.8 Å². The predicted octanol–water partition coefficient (Wildman–Crippen LogP) is 8.77. The molecule has 7 aromatic rings. The van der Waals surface area contributed by atoms with Crippen molar-refractivity contribution in [2.24, 2.45) is 0 Å². The highest BCUT2D eigenvalue weighted by Crippen LogP contribution is 2.38. The van der Waals surface area contributed by atoms with E-state index < -0.39 is 31.3 Å². The van der Waals surface area contributed by atoms with Crippen molar-refractivity contribution in [1.82, 2.24) is 25.3 Å². The molecule has 1 amide bonds. The number of carbonyl (C=O) groups is 1. The van der Waals surface area contributed by atoms with Crippen LogP contribution in [0, 0.1) is 0 Å². The van der Waals surface area contributed by atoms with Crippen molar-refractivity contribution in [3.05, 3.63) is 168 Å². The van der Waals surface area contributed by atoms with Crippen molar-refractivity contribution in [3.8, 4) is 44.5 Å². The molecular formula is C49H39N5O4. The zero-order valence-electron chi connectivity index (χ0n) is 31.4. The summed E-state index contributed by atoms with van der Waals surface area (Å²) in [5, 5.41) is 32.0. The summed E-state index contributed by atoms with van der Waals surface area (Å²) in [6.07, 6.45) is 8.20. The number of fused-ring (bicyclic) bond motifs is 8. The summed E-state index contributed by atoms with van der Waals surface area (Å²) in [5.74, 6) is -0.536. The number of benzene rings is 4. The second kappa shape index (κ2) is 15.4. The molecule has 0 fully saturated rings. The van der Waals surface area contributed by atoms with Gasteiger partial charge in [0.15, 0.2) is 0 Å². The molecule has 0 aliphatic carbocycles. The largest absolute Gasteiger partial charge is 0.394 e. The predicted molar refractivity (Wildman–Crippen MR) is 232 cm³/mol. The van der Waals surface area contributed by atoms with Gasteiger partial charge in [0, 0.05) is 49.9 Å². The molecule has 0 radical (unpaired) electrons. The lowest BCUT2D eigenvalue weighted by Gasteiger charge is -2.28. The number of carbonyl (C=O) groups excluding carboxylic acids is 1. The molecule has 0 saturated carbocycles. The van der Waals surface area contributed by atoms with Crippen molar-refractivity contribution in [2.45, 2.75) is 5.54 Å². The van der Waals surface area contributed by atoms with Crippen LogP contribution in [0.2, 0.25) is 0 Å². The van der Waals surface area contributed by atoms with Gasteiger partial charge < -0.3 is 30.6 Å². The molecule has 2 aliphatic rings. The fourth-order valence-electron chi connectivity index (χ4n) is 7.60. The van der Waals surface area contributed by atoms with E-state index in [0.29, 0.717) is 5.56 Å². The van der Waals surface area contributed by atoms with E-state index in [0.717, 1.165) is 89.4 Å². The fourth-order valence-corrected chi connectivity index (χ4v) is 7.60. The maximum absolute atomic E-state index is 13.3. The van der Waals surface area contributed by atoms with Crippen LogP contribution in [-0.4, -0.2) is 66.5 Å². The first-order valence-electron chi connectivity index (χ1n) is 19.1. The summed E-state index contributed by atoms with van der Waals surface area (Å²) in [6, 6.07) is 46.1. The Labute approximate surface area is 334 Å². The molecule has 4 aromatic carbocycles. The number of aliphatic hydroxyl groups is 3. The second-order valence-corrected chi connectivity index (χ2v) is 14.4. The van der Waals surface area contributed by atoms with E-state index in [1.807, 2.05) is 84.9 Å². The monoisotopic (exact) mass is 761 g/mol. The van der Waals surface area contributed by atoms with E-state index in [-0.39, 0.29) is 0 Å². The Balaban J connectivity index is 1.35. The summed E-state index contributed by atoms with van der Waals surface area (Å²) in [7, 11) is 0. The number of rotatable bonds is 9. The zero-order valence-corrected chi connectivity index (χ0v) is 31.4. The van der Waals surface area contributed by atoms with E-state index in [4.69, 9.17) is 9.97 Å². The van der Waals surface area contributed by atoms with E-state index in [1.165, 1.54) is 0 Å². The fraction of sp³-hybridized carbons (Fsp3) is 0.0816. The van der Waals surface area contributed by atoms with Crippen LogP contribution in [0.3, 0.4) is 0 Å². The van der Waals surface area contributed by atoms with Crippen LogP contribution in [-0.2, 0) is 0 Å². The quantitative estimate of drug-likeness (QED) is 0.0867. The Morgan fingerprint density at radius 2 is 0.759 bits per heavy atom. The lowest BCUT2D eigenvalue weighted by molar-refractivity contribution is 0.0375. The maximum Gasteiger partial charge on any atom is 0.251 e. The SMILES string of the molecule is O=C(NC(CO)(CO)CO)c1ccc(-c2c3nc(c(-c4ccccc4)c4ccc([nH]4)c(-c4ccccc4)c4nc(c(-c5ccccc5)c5ccc2[nH]5)C=C4)C=C3)cc1. The Bertz CT molecular complexity index is 2830. The number of amides is 1. The van der Waals surface area contributed by atoms with Gasteiger partial charge in [0.1, 0.15) is 5.54 Å². The van der Waals surface area contributed by atoms with Crippen LogP contribution in [0.4, 0.5) is 0 Å². The number of aromatic amines is 2. The lowest BCUT2D eigenvalue weighted by atomic mass is 10.00. The molecule has 8 bridgehead atoms. The minimum atomic E-state index is -1.55. The molecule has 2 aliphatic heterocycles. The zero-order chi connectivity index (χ0) is 39.6. The van der Waals surface area contributed by atoms with E-state index >= 15 is 0 Å². The molecule has 9 nitrogen and oxygen atoms in total. The minimum Gasteiger partial charge on any atom is -0.394 e. The molecule has 0 spiro atoms. The van der Waals surface area contributed by atoms with Gasteiger partial charge in [-0.25, -0.2) is 9.97 Å². The number of hydrogen-bond acceptors (Lipinski definition) is 6. The standard InChI is InChI=1S/C49H39N5O4/c55-28-49(29-56,30-57)54-48(58)35-18-16-34(17-19-35)47-42-26-24-40(52-42)45(32-12-6-2-7-13-32)38-22-20-36(50-38)44(31-10-4-1-5-11-31)37-21-23-39(51-37)46(33-14-8-3-9-15-33)41-25-27-43(47)53-41/h1-27,50,53,55-57H,28-30H2,(H,54,58).